The van der Waals surface area contributed by atoms with Crippen LogP contribution in [-0.4, -0.2) is 45.1 Å². The number of likely N-dealkylation sites (tertiary alicyclic amines) is 1. The summed E-state index contributed by atoms with van der Waals surface area (Å²) in [6.45, 7) is 6.59. The number of carbonyl (C=O) groups is 1. The van der Waals surface area contributed by atoms with E-state index in [1.54, 1.807) is 0 Å². The Balaban J connectivity index is 1.55. The number of piperidine rings is 1. The van der Waals surface area contributed by atoms with Crippen molar-refractivity contribution in [2.45, 2.75) is 45.1 Å². The van der Waals surface area contributed by atoms with Crippen LogP contribution in [0.1, 0.15) is 56.2 Å². The van der Waals surface area contributed by atoms with Crippen molar-refractivity contribution in [1.29, 1.82) is 0 Å². The second-order valence-corrected chi connectivity index (χ2v) is 10.8. The van der Waals surface area contributed by atoms with Crippen molar-refractivity contribution in [3.63, 3.8) is 0 Å². The lowest BCUT2D eigenvalue weighted by atomic mass is 9.89. The van der Waals surface area contributed by atoms with E-state index in [9.17, 15) is 13.2 Å². The average Bonchev–Trinajstić information content (AvgIpc) is 2.77. The van der Waals surface area contributed by atoms with Crippen LogP contribution in [0.25, 0.3) is 0 Å². The molecule has 1 amide bonds. The van der Waals surface area contributed by atoms with Crippen molar-refractivity contribution in [3.05, 3.63) is 65.7 Å². The highest BCUT2D eigenvalue weighted by atomic mass is 32.2. The molecule has 1 heterocycles. The highest BCUT2D eigenvalue weighted by Gasteiger charge is 2.23. The summed E-state index contributed by atoms with van der Waals surface area (Å²) >= 11 is 0. The number of nitrogens with one attached hydrogen (secondary N) is 2. The van der Waals surface area contributed by atoms with E-state index >= 15 is 0 Å². The first-order chi connectivity index (χ1) is 15.2. The van der Waals surface area contributed by atoms with Crippen LogP contribution < -0.4 is 10.0 Å². The van der Waals surface area contributed by atoms with Gasteiger partial charge in [-0.3, -0.25) is 4.79 Å². The number of rotatable bonds is 9. The van der Waals surface area contributed by atoms with Crippen molar-refractivity contribution in [2.24, 2.45) is 5.92 Å². The Morgan fingerprint density at radius 1 is 1.06 bits per heavy atom. The van der Waals surface area contributed by atoms with Crippen LogP contribution in [0.3, 0.4) is 0 Å². The Labute approximate surface area is 192 Å². The third kappa shape index (κ3) is 7.43. The second kappa shape index (κ2) is 11.1. The Morgan fingerprint density at radius 3 is 2.38 bits per heavy atom. The molecule has 2 N–H and O–H groups in total. The van der Waals surface area contributed by atoms with E-state index in [0.29, 0.717) is 5.92 Å². The Hall–Kier alpha value is -2.22. The maximum atomic E-state index is 12.0. The van der Waals surface area contributed by atoms with Crippen LogP contribution >= 0.6 is 0 Å². The summed E-state index contributed by atoms with van der Waals surface area (Å²) in [5.74, 6) is 0.465. The smallest absolute Gasteiger partial charge is 0.226 e. The van der Waals surface area contributed by atoms with Crippen LogP contribution in [-0.2, 0) is 14.8 Å². The third-order valence-corrected chi connectivity index (χ3v) is 6.74. The minimum Gasteiger partial charge on any atom is -0.326 e. The predicted octanol–water partition coefficient (Wildman–Crippen LogP) is 4.14. The van der Waals surface area contributed by atoms with Crippen molar-refractivity contribution in [1.82, 2.24) is 9.62 Å². The van der Waals surface area contributed by atoms with Gasteiger partial charge in [-0.25, -0.2) is 13.1 Å². The number of nitrogens with zero attached hydrogens (tertiary/aromatic N) is 1. The molecule has 2 aromatic carbocycles. The molecule has 32 heavy (non-hydrogen) atoms. The molecule has 1 atom stereocenters. The van der Waals surface area contributed by atoms with Crippen LogP contribution in [0.4, 0.5) is 5.69 Å². The van der Waals surface area contributed by atoms with Gasteiger partial charge in [0.2, 0.25) is 15.9 Å². The topological polar surface area (TPSA) is 78.5 Å². The van der Waals surface area contributed by atoms with Crippen LogP contribution in [0.15, 0.2) is 54.6 Å². The summed E-state index contributed by atoms with van der Waals surface area (Å²) < 4.78 is 26.5. The molecular weight excluding hydrogens is 422 g/mol. The fourth-order valence-electron chi connectivity index (χ4n) is 4.20. The molecular formula is C25H35N3O3S. The Kier molecular flexibility index (Phi) is 8.45. The van der Waals surface area contributed by atoms with E-state index in [2.05, 4.69) is 27.1 Å². The SMILES string of the molecule is CC(C)C(=O)Nc1cccc(C2CCN(CCC(NS(C)(=O)=O)c3ccccc3)CC2)c1. The van der Waals surface area contributed by atoms with Crippen LogP contribution in [0.2, 0.25) is 0 Å². The molecule has 2 aromatic rings. The fourth-order valence-corrected chi connectivity index (χ4v) is 4.97. The molecule has 0 aliphatic carbocycles. The Bertz CT molecular complexity index is 985. The number of benzene rings is 2. The lowest BCUT2D eigenvalue weighted by molar-refractivity contribution is -0.118. The predicted molar refractivity (Wildman–Crippen MR) is 130 cm³/mol. The summed E-state index contributed by atoms with van der Waals surface area (Å²) in [6.07, 6.45) is 4.05. The number of amides is 1. The van der Waals surface area contributed by atoms with Gasteiger partial charge in [0.1, 0.15) is 0 Å². The van der Waals surface area contributed by atoms with E-state index in [1.165, 1.54) is 11.8 Å². The molecule has 174 valence electrons. The normalized spacial score (nSPS) is 16.8. The largest absolute Gasteiger partial charge is 0.326 e. The van der Waals surface area contributed by atoms with Crippen molar-refractivity contribution >= 4 is 21.6 Å². The minimum atomic E-state index is -3.29. The molecule has 6 nitrogen and oxygen atoms in total. The average molecular weight is 458 g/mol. The molecule has 7 heteroatoms. The van der Waals surface area contributed by atoms with Crippen molar-refractivity contribution in [2.75, 3.05) is 31.2 Å². The van der Waals surface area contributed by atoms with Gasteiger partial charge in [-0.1, -0.05) is 56.3 Å². The molecule has 1 saturated heterocycles. The highest BCUT2D eigenvalue weighted by molar-refractivity contribution is 7.88. The first-order valence-corrected chi connectivity index (χ1v) is 13.3. The molecule has 0 spiro atoms. The van der Waals surface area contributed by atoms with Crippen LogP contribution in [0.5, 0.6) is 0 Å². The van der Waals surface area contributed by atoms with Gasteiger partial charge in [0.05, 0.1) is 6.26 Å². The summed E-state index contributed by atoms with van der Waals surface area (Å²) in [4.78, 5) is 14.4. The van der Waals surface area contributed by atoms with Gasteiger partial charge >= 0.3 is 0 Å². The molecule has 0 radical (unpaired) electrons. The first-order valence-electron chi connectivity index (χ1n) is 11.4. The minimum absolute atomic E-state index is 0.0349. The third-order valence-electron chi connectivity index (χ3n) is 6.03. The van der Waals surface area contributed by atoms with Gasteiger partial charge in [0, 0.05) is 17.6 Å². The van der Waals surface area contributed by atoms with E-state index in [1.807, 2.05) is 56.3 Å². The second-order valence-electron chi connectivity index (χ2n) is 9.03. The number of carbonyl (C=O) groups excluding carboxylic acids is 1. The maximum Gasteiger partial charge on any atom is 0.226 e. The van der Waals surface area contributed by atoms with E-state index in [4.69, 9.17) is 0 Å². The molecule has 0 saturated carbocycles. The van der Waals surface area contributed by atoms with Gasteiger partial charge < -0.3 is 10.2 Å². The number of hydrogen-bond acceptors (Lipinski definition) is 4. The van der Waals surface area contributed by atoms with E-state index in [0.717, 1.165) is 50.1 Å². The van der Waals surface area contributed by atoms with Gasteiger partial charge in [-0.05, 0) is 68.1 Å². The monoisotopic (exact) mass is 457 g/mol. The molecule has 1 aliphatic heterocycles. The maximum absolute atomic E-state index is 12.0. The lowest BCUT2D eigenvalue weighted by Crippen LogP contribution is -2.36. The van der Waals surface area contributed by atoms with Crippen molar-refractivity contribution in [3.8, 4) is 0 Å². The molecule has 0 bridgehead atoms. The quantitative estimate of drug-likeness (QED) is 0.593. The lowest BCUT2D eigenvalue weighted by Gasteiger charge is -2.33. The standard InChI is InChI=1S/C25H35N3O3S/c1-19(2)25(29)26-23-11-7-10-22(18-23)20-12-15-28(16-13-20)17-14-24(27-32(3,30)31)21-8-5-4-6-9-21/h4-11,18-20,24,27H,12-17H2,1-3H3,(H,26,29). The zero-order valence-corrected chi connectivity index (χ0v) is 20.1. The van der Waals surface area contributed by atoms with Crippen molar-refractivity contribution < 1.29 is 13.2 Å². The molecule has 1 aliphatic rings. The summed E-state index contributed by atoms with van der Waals surface area (Å²) in [5.41, 5.74) is 3.13. The molecule has 3 rings (SSSR count). The van der Waals surface area contributed by atoms with Gasteiger partial charge in [-0.15, -0.1) is 0 Å². The molecule has 1 fully saturated rings. The van der Waals surface area contributed by atoms with E-state index < -0.39 is 10.0 Å². The van der Waals surface area contributed by atoms with Gasteiger partial charge in [0.15, 0.2) is 0 Å². The van der Waals surface area contributed by atoms with Crippen LogP contribution in [0, 0.1) is 5.92 Å². The fraction of sp³-hybridized carbons (Fsp3) is 0.480. The number of sulfonamides is 1. The summed E-state index contributed by atoms with van der Waals surface area (Å²) in [5, 5.41) is 2.99. The Morgan fingerprint density at radius 2 is 1.75 bits per heavy atom. The molecule has 0 aromatic heterocycles. The first kappa shape index (κ1) is 24.4. The highest BCUT2D eigenvalue weighted by Crippen LogP contribution is 2.30. The van der Waals surface area contributed by atoms with Gasteiger partial charge in [0.25, 0.3) is 0 Å². The zero-order chi connectivity index (χ0) is 23.1. The zero-order valence-electron chi connectivity index (χ0n) is 19.3. The number of anilines is 1. The summed E-state index contributed by atoms with van der Waals surface area (Å²) in [6, 6.07) is 17.7. The number of hydrogen-bond donors (Lipinski definition) is 2. The van der Waals surface area contributed by atoms with Gasteiger partial charge in [-0.2, -0.15) is 0 Å². The molecule has 1 unspecified atom stereocenters. The summed E-state index contributed by atoms with van der Waals surface area (Å²) in [7, 11) is -3.29. The van der Waals surface area contributed by atoms with E-state index in [-0.39, 0.29) is 17.9 Å².